The molecule has 0 aromatic carbocycles. The van der Waals surface area contributed by atoms with Crippen LogP contribution in [0.15, 0.2) is 12.2 Å². The van der Waals surface area contributed by atoms with Gasteiger partial charge >= 0.3 is 0 Å². The molecule has 1 nitrogen and oxygen atoms in total. The van der Waals surface area contributed by atoms with Crippen molar-refractivity contribution < 1.29 is 0 Å². The van der Waals surface area contributed by atoms with Crippen LogP contribution in [0.3, 0.4) is 0 Å². The Balaban J connectivity index is 2.86. The summed E-state index contributed by atoms with van der Waals surface area (Å²) in [5.74, 6) is 0. The van der Waals surface area contributed by atoms with Gasteiger partial charge < -0.3 is 5.32 Å². The zero-order valence-corrected chi connectivity index (χ0v) is 6.48. The molecule has 0 atom stereocenters. The van der Waals surface area contributed by atoms with Gasteiger partial charge in [-0.05, 0) is 13.5 Å². The molecule has 9 heavy (non-hydrogen) atoms. The fourth-order valence-electron chi connectivity index (χ4n) is 0.641. The maximum absolute atomic E-state index is 3.06. The van der Waals surface area contributed by atoms with E-state index in [1.54, 1.807) is 0 Å². The second kappa shape index (κ2) is 7.70. The largest absolute Gasteiger partial charge is 0.316 e. The quantitative estimate of drug-likeness (QED) is 0.439. The summed E-state index contributed by atoms with van der Waals surface area (Å²) in [5.41, 5.74) is 0. The van der Waals surface area contributed by atoms with Crippen molar-refractivity contribution in [1.29, 1.82) is 0 Å². The van der Waals surface area contributed by atoms with Crippen LogP contribution in [0.5, 0.6) is 0 Å². The predicted molar refractivity (Wildman–Crippen MR) is 42.6 cm³/mol. The van der Waals surface area contributed by atoms with Crippen molar-refractivity contribution in [1.82, 2.24) is 5.32 Å². The highest BCUT2D eigenvalue weighted by atomic mass is 14.8. The van der Waals surface area contributed by atoms with Gasteiger partial charge in [0.25, 0.3) is 0 Å². The Hall–Kier alpha value is -0.300. The summed E-state index contributed by atoms with van der Waals surface area (Å²) in [4.78, 5) is 0. The molecule has 0 aromatic rings. The summed E-state index contributed by atoms with van der Waals surface area (Å²) in [5, 5.41) is 3.06. The molecule has 0 saturated carbocycles. The molecule has 0 amide bonds. The lowest BCUT2D eigenvalue weighted by atomic mass is 10.2. The SMILES string of the molecule is CCCCC=CCNC. The van der Waals surface area contributed by atoms with Gasteiger partial charge in [-0.1, -0.05) is 31.9 Å². The first-order chi connectivity index (χ1) is 4.41. The minimum absolute atomic E-state index is 1.00. The van der Waals surface area contributed by atoms with E-state index in [9.17, 15) is 0 Å². The average Bonchev–Trinajstić information content (AvgIpc) is 1.89. The Labute approximate surface area is 58.2 Å². The van der Waals surface area contributed by atoms with E-state index >= 15 is 0 Å². The third-order valence-corrected chi connectivity index (χ3v) is 1.21. The van der Waals surface area contributed by atoms with Crippen molar-refractivity contribution in [2.75, 3.05) is 13.6 Å². The lowest BCUT2D eigenvalue weighted by molar-refractivity contribution is 0.810. The Morgan fingerprint density at radius 2 is 2.11 bits per heavy atom. The van der Waals surface area contributed by atoms with Crippen LogP contribution in [0.1, 0.15) is 26.2 Å². The molecule has 0 aliphatic heterocycles. The number of unbranched alkanes of at least 4 members (excludes halogenated alkanes) is 2. The second-order valence-corrected chi connectivity index (χ2v) is 2.17. The molecular formula is C8H17N. The minimum atomic E-state index is 1.00. The summed E-state index contributed by atoms with van der Waals surface area (Å²) in [6.45, 7) is 3.22. The first-order valence-corrected chi connectivity index (χ1v) is 3.71. The molecule has 1 heteroatoms. The van der Waals surface area contributed by atoms with Gasteiger partial charge in [0.1, 0.15) is 0 Å². The van der Waals surface area contributed by atoms with Gasteiger partial charge in [0, 0.05) is 6.54 Å². The molecule has 0 aromatic heterocycles. The molecular weight excluding hydrogens is 110 g/mol. The van der Waals surface area contributed by atoms with Gasteiger partial charge in [-0.15, -0.1) is 0 Å². The van der Waals surface area contributed by atoms with Crippen LogP contribution in [-0.4, -0.2) is 13.6 Å². The highest BCUT2D eigenvalue weighted by molar-refractivity contribution is 4.82. The zero-order valence-electron chi connectivity index (χ0n) is 6.48. The van der Waals surface area contributed by atoms with Crippen LogP contribution in [0.25, 0.3) is 0 Å². The Morgan fingerprint density at radius 3 is 2.67 bits per heavy atom. The Bertz CT molecular complexity index is 67.0. The number of allylic oxidation sites excluding steroid dienone is 1. The topological polar surface area (TPSA) is 12.0 Å². The van der Waals surface area contributed by atoms with Crippen molar-refractivity contribution in [3.8, 4) is 0 Å². The lowest BCUT2D eigenvalue weighted by Crippen LogP contribution is -2.03. The molecule has 0 radical (unpaired) electrons. The van der Waals surface area contributed by atoms with E-state index in [2.05, 4.69) is 24.4 Å². The third-order valence-electron chi connectivity index (χ3n) is 1.21. The van der Waals surface area contributed by atoms with E-state index in [1.807, 2.05) is 7.05 Å². The zero-order chi connectivity index (χ0) is 6.95. The smallest absolute Gasteiger partial charge is 0.0131 e. The molecule has 0 spiro atoms. The Kier molecular flexibility index (Phi) is 7.44. The fourth-order valence-corrected chi connectivity index (χ4v) is 0.641. The van der Waals surface area contributed by atoms with E-state index in [1.165, 1.54) is 19.3 Å². The number of nitrogens with one attached hydrogen (secondary N) is 1. The monoisotopic (exact) mass is 127 g/mol. The molecule has 0 aliphatic rings. The average molecular weight is 127 g/mol. The molecule has 0 aliphatic carbocycles. The molecule has 0 heterocycles. The van der Waals surface area contributed by atoms with E-state index < -0.39 is 0 Å². The van der Waals surface area contributed by atoms with Gasteiger partial charge in [-0.25, -0.2) is 0 Å². The maximum Gasteiger partial charge on any atom is 0.0131 e. The molecule has 1 N–H and O–H groups in total. The number of likely N-dealkylation sites (N-methyl/N-ethyl adjacent to an activating group) is 1. The highest BCUT2D eigenvalue weighted by Crippen LogP contribution is 1.93. The molecule has 0 rings (SSSR count). The minimum Gasteiger partial charge on any atom is -0.316 e. The maximum atomic E-state index is 3.06. The van der Waals surface area contributed by atoms with Gasteiger partial charge in [0.15, 0.2) is 0 Å². The number of hydrogen-bond donors (Lipinski definition) is 1. The third kappa shape index (κ3) is 7.70. The van der Waals surface area contributed by atoms with E-state index in [-0.39, 0.29) is 0 Å². The van der Waals surface area contributed by atoms with Gasteiger partial charge in [-0.3, -0.25) is 0 Å². The fraction of sp³-hybridized carbons (Fsp3) is 0.750. The number of hydrogen-bond acceptors (Lipinski definition) is 1. The Morgan fingerprint density at radius 1 is 1.33 bits per heavy atom. The summed E-state index contributed by atoms with van der Waals surface area (Å²) in [6, 6.07) is 0. The van der Waals surface area contributed by atoms with Crippen LogP contribution in [0.2, 0.25) is 0 Å². The normalized spacial score (nSPS) is 10.9. The first kappa shape index (κ1) is 8.70. The van der Waals surface area contributed by atoms with E-state index in [0.717, 1.165) is 6.54 Å². The summed E-state index contributed by atoms with van der Waals surface area (Å²) < 4.78 is 0. The summed E-state index contributed by atoms with van der Waals surface area (Å²) >= 11 is 0. The van der Waals surface area contributed by atoms with Crippen molar-refractivity contribution in [2.24, 2.45) is 0 Å². The van der Waals surface area contributed by atoms with Crippen LogP contribution in [0.4, 0.5) is 0 Å². The lowest BCUT2D eigenvalue weighted by Gasteiger charge is -1.88. The van der Waals surface area contributed by atoms with Crippen LogP contribution >= 0.6 is 0 Å². The predicted octanol–water partition coefficient (Wildman–Crippen LogP) is 1.95. The van der Waals surface area contributed by atoms with Gasteiger partial charge in [-0.2, -0.15) is 0 Å². The molecule has 0 saturated heterocycles. The van der Waals surface area contributed by atoms with Crippen molar-refractivity contribution in [2.45, 2.75) is 26.2 Å². The molecule has 0 fully saturated rings. The van der Waals surface area contributed by atoms with E-state index in [0.29, 0.717) is 0 Å². The van der Waals surface area contributed by atoms with Crippen LogP contribution < -0.4 is 5.32 Å². The van der Waals surface area contributed by atoms with Crippen LogP contribution in [-0.2, 0) is 0 Å². The van der Waals surface area contributed by atoms with E-state index in [4.69, 9.17) is 0 Å². The highest BCUT2D eigenvalue weighted by Gasteiger charge is 1.75. The van der Waals surface area contributed by atoms with Crippen molar-refractivity contribution in [3.05, 3.63) is 12.2 Å². The standard InChI is InChI=1S/C8H17N/c1-3-4-5-6-7-8-9-2/h6-7,9H,3-5,8H2,1-2H3. The molecule has 0 unspecified atom stereocenters. The summed E-state index contributed by atoms with van der Waals surface area (Å²) in [7, 11) is 1.96. The van der Waals surface area contributed by atoms with Crippen molar-refractivity contribution >= 4 is 0 Å². The first-order valence-electron chi connectivity index (χ1n) is 3.71. The molecule has 54 valence electrons. The second-order valence-electron chi connectivity index (χ2n) is 2.17. The van der Waals surface area contributed by atoms with Crippen LogP contribution in [0, 0.1) is 0 Å². The van der Waals surface area contributed by atoms with Gasteiger partial charge in [0.05, 0.1) is 0 Å². The van der Waals surface area contributed by atoms with Gasteiger partial charge in [0.2, 0.25) is 0 Å². The summed E-state index contributed by atoms with van der Waals surface area (Å²) in [6.07, 6.45) is 8.26. The number of rotatable bonds is 5. The van der Waals surface area contributed by atoms with Crippen molar-refractivity contribution in [3.63, 3.8) is 0 Å². The molecule has 0 bridgehead atoms.